The van der Waals surface area contributed by atoms with Gasteiger partial charge >= 0.3 is 0 Å². The second-order valence-corrected chi connectivity index (χ2v) is 8.00. The average molecular weight is 441 g/mol. The zero-order chi connectivity index (χ0) is 22.2. The molecule has 0 amide bonds. The first-order chi connectivity index (χ1) is 15.7. The molecule has 0 spiro atoms. The molecule has 2 aliphatic rings. The molecular weight excluding hydrogens is 408 g/mol. The first kappa shape index (κ1) is 22.4. The van der Waals surface area contributed by atoms with Crippen LogP contribution in [0.25, 0.3) is 0 Å². The molecule has 3 heterocycles. The fourth-order valence-electron chi connectivity index (χ4n) is 3.72. The molecule has 2 saturated heterocycles. The van der Waals surface area contributed by atoms with E-state index >= 15 is 0 Å². The smallest absolute Gasteiger partial charge is 0.219 e. The van der Waals surface area contributed by atoms with E-state index in [1.54, 1.807) is 6.21 Å². The Labute approximate surface area is 189 Å². The number of aryl methyl sites for hydroxylation is 1. The molecule has 0 radical (unpaired) electrons. The Bertz CT molecular complexity index is 911. The van der Waals surface area contributed by atoms with E-state index in [9.17, 15) is 0 Å². The van der Waals surface area contributed by atoms with Crippen molar-refractivity contribution >= 4 is 17.7 Å². The maximum atomic E-state index is 6.08. The van der Waals surface area contributed by atoms with E-state index in [1.807, 2.05) is 25.1 Å². The van der Waals surface area contributed by atoms with E-state index in [4.69, 9.17) is 24.9 Å². The lowest BCUT2D eigenvalue weighted by atomic mass is 10.1. The summed E-state index contributed by atoms with van der Waals surface area (Å²) in [5.41, 5.74) is 8.97. The van der Waals surface area contributed by atoms with E-state index in [0.29, 0.717) is 38.1 Å². The number of benzene rings is 1. The van der Waals surface area contributed by atoms with Gasteiger partial charge in [0.25, 0.3) is 0 Å². The van der Waals surface area contributed by atoms with E-state index in [1.165, 1.54) is 0 Å². The van der Waals surface area contributed by atoms with E-state index in [-0.39, 0.29) is 0 Å². The second-order valence-electron chi connectivity index (χ2n) is 8.00. The molecular formula is C23H32N6O3. The zero-order valence-electron chi connectivity index (χ0n) is 18.7. The summed E-state index contributed by atoms with van der Waals surface area (Å²) in [6.07, 6.45) is 1.69. The van der Waals surface area contributed by atoms with Crippen molar-refractivity contribution in [2.45, 2.75) is 13.5 Å². The number of morpholine rings is 2. The third-order valence-corrected chi connectivity index (χ3v) is 5.57. The summed E-state index contributed by atoms with van der Waals surface area (Å²) in [4.78, 5) is 18.3. The third-order valence-electron chi connectivity index (χ3n) is 5.57. The summed E-state index contributed by atoms with van der Waals surface area (Å²) in [5, 5.41) is 0. The van der Waals surface area contributed by atoms with Crippen LogP contribution in [0, 0.1) is 6.92 Å². The van der Waals surface area contributed by atoms with E-state index in [0.717, 1.165) is 68.6 Å². The molecule has 32 heavy (non-hydrogen) atoms. The van der Waals surface area contributed by atoms with Crippen LogP contribution in [0.1, 0.15) is 17.0 Å². The van der Waals surface area contributed by atoms with Crippen LogP contribution in [-0.2, 0) is 16.0 Å². The predicted octanol–water partition coefficient (Wildman–Crippen LogP) is 1.53. The molecule has 9 nitrogen and oxygen atoms in total. The van der Waals surface area contributed by atoms with Crippen LogP contribution in [0.15, 0.2) is 29.3 Å². The van der Waals surface area contributed by atoms with E-state index in [2.05, 4.69) is 25.8 Å². The number of anilines is 2. The van der Waals surface area contributed by atoms with Crippen LogP contribution in [0.5, 0.6) is 5.88 Å². The summed E-state index contributed by atoms with van der Waals surface area (Å²) in [5.74, 6) is 1.93. The standard InChI is InChI=1S/C23H32N6O3/c1-18-2-3-20(24)19(14-18)16-25-17-21-26-22(29-7-11-31-12-8-29)15-23(27-21)32-13-6-28-4-9-30-10-5-28/h2-3,14-15,17H,4-13,16,24H2,1H3. The molecule has 2 aliphatic heterocycles. The van der Waals surface area contributed by atoms with Crippen LogP contribution in [0.4, 0.5) is 11.5 Å². The van der Waals surface area contributed by atoms with Gasteiger partial charge < -0.3 is 24.8 Å². The number of ether oxygens (including phenoxy) is 3. The van der Waals surface area contributed by atoms with Crippen LogP contribution >= 0.6 is 0 Å². The average Bonchev–Trinajstić information content (AvgIpc) is 2.82. The van der Waals surface area contributed by atoms with Gasteiger partial charge in [0.2, 0.25) is 5.88 Å². The SMILES string of the molecule is Cc1ccc(N)c(CN=Cc2nc(OCCN3CCOCC3)cc(N3CCOCC3)n2)c1. The van der Waals surface area contributed by atoms with Crippen LogP contribution in [-0.4, -0.2) is 86.8 Å². The van der Waals surface area contributed by atoms with Crippen molar-refractivity contribution in [3.05, 3.63) is 41.2 Å². The molecule has 2 fully saturated rings. The first-order valence-corrected chi connectivity index (χ1v) is 11.2. The Morgan fingerprint density at radius 3 is 2.59 bits per heavy atom. The lowest BCUT2D eigenvalue weighted by Crippen LogP contribution is -2.38. The maximum absolute atomic E-state index is 6.08. The number of aromatic nitrogens is 2. The number of nitrogens with zero attached hydrogens (tertiary/aromatic N) is 5. The highest BCUT2D eigenvalue weighted by Gasteiger charge is 2.16. The summed E-state index contributed by atoms with van der Waals surface area (Å²) in [6, 6.07) is 7.87. The lowest BCUT2D eigenvalue weighted by Gasteiger charge is -2.28. The highest BCUT2D eigenvalue weighted by atomic mass is 16.5. The summed E-state index contributed by atoms with van der Waals surface area (Å²) in [7, 11) is 0. The normalized spacial score (nSPS) is 17.7. The van der Waals surface area contributed by atoms with E-state index < -0.39 is 0 Å². The fourth-order valence-corrected chi connectivity index (χ4v) is 3.72. The molecule has 0 bridgehead atoms. The van der Waals surface area contributed by atoms with Gasteiger partial charge in [-0.3, -0.25) is 9.89 Å². The minimum Gasteiger partial charge on any atom is -0.476 e. The number of aliphatic imine (C=N–C) groups is 1. The van der Waals surface area contributed by atoms with Gasteiger partial charge in [0.05, 0.1) is 39.2 Å². The molecule has 172 valence electrons. The number of nitrogen functional groups attached to an aromatic ring is 1. The summed E-state index contributed by atoms with van der Waals surface area (Å²) in [6.45, 7) is 10.3. The Morgan fingerprint density at radius 1 is 1.06 bits per heavy atom. The van der Waals surface area contributed by atoms with Crippen molar-refractivity contribution in [3.8, 4) is 5.88 Å². The van der Waals surface area contributed by atoms with Gasteiger partial charge in [-0.15, -0.1) is 0 Å². The Kier molecular flexibility index (Phi) is 7.87. The number of hydrogen-bond donors (Lipinski definition) is 1. The molecule has 2 N–H and O–H groups in total. The quantitative estimate of drug-likeness (QED) is 0.488. The Hall–Kier alpha value is -2.75. The second kappa shape index (κ2) is 11.2. The highest BCUT2D eigenvalue weighted by Crippen LogP contribution is 2.19. The monoisotopic (exact) mass is 440 g/mol. The number of hydrogen-bond acceptors (Lipinski definition) is 9. The summed E-state index contributed by atoms with van der Waals surface area (Å²) < 4.78 is 16.9. The van der Waals surface area contributed by atoms with Gasteiger partial charge in [-0.1, -0.05) is 17.7 Å². The largest absolute Gasteiger partial charge is 0.476 e. The van der Waals surface area contributed by atoms with Gasteiger partial charge in [-0.25, -0.2) is 4.98 Å². The highest BCUT2D eigenvalue weighted by molar-refractivity contribution is 5.75. The van der Waals surface area contributed by atoms with Crippen molar-refractivity contribution in [1.29, 1.82) is 0 Å². The van der Waals surface area contributed by atoms with Gasteiger partial charge in [0, 0.05) is 44.5 Å². The van der Waals surface area contributed by atoms with Crippen molar-refractivity contribution < 1.29 is 14.2 Å². The molecule has 2 aromatic rings. The zero-order valence-corrected chi connectivity index (χ0v) is 18.7. The van der Waals surface area contributed by atoms with Crippen LogP contribution in [0.2, 0.25) is 0 Å². The molecule has 9 heteroatoms. The van der Waals surface area contributed by atoms with Gasteiger partial charge in [0.15, 0.2) is 5.82 Å². The molecule has 0 saturated carbocycles. The lowest BCUT2D eigenvalue weighted by molar-refractivity contribution is 0.0320. The predicted molar refractivity (Wildman–Crippen MR) is 125 cm³/mol. The first-order valence-electron chi connectivity index (χ1n) is 11.2. The number of rotatable bonds is 8. The van der Waals surface area contributed by atoms with Gasteiger partial charge in [0.1, 0.15) is 12.4 Å². The topological polar surface area (TPSA) is 98.3 Å². The van der Waals surface area contributed by atoms with Crippen LogP contribution < -0.4 is 15.4 Å². The molecule has 0 aliphatic carbocycles. The maximum Gasteiger partial charge on any atom is 0.219 e. The minimum atomic E-state index is 0.478. The number of nitrogens with two attached hydrogens (primary N) is 1. The molecule has 0 unspecified atom stereocenters. The van der Waals surface area contributed by atoms with Crippen molar-refractivity contribution in [3.63, 3.8) is 0 Å². The van der Waals surface area contributed by atoms with Crippen LogP contribution in [0.3, 0.4) is 0 Å². The van der Waals surface area contributed by atoms with Crippen molar-refractivity contribution in [2.75, 3.05) is 76.4 Å². The minimum absolute atomic E-state index is 0.478. The molecule has 4 rings (SSSR count). The molecule has 1 aromatic heterocycles. The van der Waals surface area contributed by atoms with Gasteiger partial charge in [-0.2, -0.15) is 4.98 Å². The Balaban J connectivity index is 1.45. The van der Waals surface area contributed by atoms with Crippen molar-refractivity contribution in [2.24, 2.45) is 4.99 Å². The molecule has 0 atom stereocenters. The fraction of sp³-hybridized carbons (Fsp3) is 0.522. The third kappa shape index (κ3) is 6.38. The summed E-state index contributed by atoms with van der Waals surface area (Å²) >= 11 is 0. The van der Waals surface area contributed by atoms with Crippen molar-refractivity contribution in [1.82, 2.24) is 14.9 Å². The Morgan fingerprint density at radius 2 is 1.81 bits per heavy atom. The van der Waals surface area contributed by atoms with Gasteiger partial charge in [-0.05, 0) is 18.6 Å². The molecule has 1 aromatic carbocycles.